The molecule has 0 unspecified atom stereocenters. The fraction of sp³-hybridized carbons (Fsp3) is 0.286. The smallest absolute Gasteiger partial charge is 0.416 e. The van der Waals surface area contributed by atoms with Crippen molar-refractivity contribution >= 4 is 11.6 Å². The Kier molecular flexibility index (Phi) is 6.09. The number of hydrogen-bond acceptors (Lipinski definition) is 4. The topological polar surface area (TPSA) is 69.0 Å². The Labute approximate surface area is 171 Å². The van der Waals surface area contributed by atoms with Crippen LogP contribution in [-0.4, -0.2) is 27.3 Å². The first-order valence-corrected chi connectivity index (χ1v) is 9.34. The van der Waals surface area contributed by atoms with Crippen LogP contribution in [-0.2, 0) is 6.18 Å². The molecule has 6 nitrogen and oxygen atoms in total. The van der Waals surface area contributed by atoms with Gasteiger partial charge in [0.2, 0.25) is 0 Å². The van der Waals surface area contributed by atoms with Crippen molar-refractivity contribution in [2.24, 2.45) is 0 Å². The van der Waals surface area contributed by atoms with Gasteiger partial charge in [-0.1, -0.05) is 6.92 Å². The summed E-state index contributed by atoms with van der Waals surface area (Å²) in [6.45, 7) is 5.93. The maximum atomic E-state index is 13.1. The summed E-state index contributed by atoms with van der Waals surface area (Å²) in [7, 11) is 0. The van der Waals surface area contributed by atoms with Crippen molar-refractivity contribution in [1.82, 2.24) is 14.8 Å². The Morgan fingerprint density at radius 2 is 1.93 bits per heavy atom. The summed E-state index contributed by atoms with van der Waals surface area (Å²) in [6, 6.07) is 8.04. The molecule has 30 heavy (non-hydrogen) atoms. The van der Waals surface area contributed by atoms with Gasteiger partial charge in [-0.3, -0.25) is 4.79 Å². The molecule has 1 amide bonds. The molecule has 0 fully saturated rings. The second-order valence-corrected chi connectivity index (χ2v) is 6.76. The third-order valence-electron chi connectivity index (χ3n) is 4.25. The minimum absolute atomic E-state index is 0.0501. The summed E-state index contributed by atoms with van der Waals surface area (Å²) in [6.07, 6.45) is -2.51. The van der Waals surface area contributed by atoms with E-state index in [0.29, 0.717) is 18.8 Å². The highest BCUT2D eigenvalue weighted by Crippen LogP contribution is 2.35. The van der Waals surface area contributed by atoms with E-state index in [4.69, 9.17) is 4.74 Å². The molecule has 2 heterocycles. The number of rotatable bonds is 6. The molecule has 0 radical (unpaired) electrons. The first-order valence-electron chi connectivity index (χ1n) is 9.34. The molecule has 158 valence electrons. The van der Waals surface area contributed by atoms with E-state index in [1.54, 1.807) is 10.7 Å². The third kappa shape index (κ3) is 4.79. The SMILES string of the molecule is CCCOc1ccc(C(F)(F)F)cc1NC(=O)c1ccc(-n2nc(C)cc2C)nc1. The molecule has 0 aliphatic carbocycles. The number of nitrogens with one attached hydrogen (secondary N) is 1. The zero-order chi connectivity index (χ0) is 21.9. The van der Waals surface area contributed by atoms with Gasteiger partial charge in [0, 0.05) is 11.9 Å². The van der Waals surface area contributed by atoms with Gasteiger partial charge in [0.05, 0.1) is 29.1 Å². The standard InChI is InChI=1S/C21H21F3N4O2/c1-4-9-30-18-7-6-16(21(22,23)24)11-17(18)26-20(29)15-5-8-19(25-12-15)28-14(3)10-13(2)27-28/h5-8,10-12H,4,9H2,1-3H3,(H,26,29). The molecule has 0 aliphatic heterocycles. The van der Waals surface area contributed by atoms with Gasteiger partial charge in [0.25, 0.3) is 5.91 Å². The van der Waals surface area contributed by atoms with Crippen LogP contribution in [0.3, 0.4) is 0 Å². The summed E-state index contributed by atoms with van der Waals surface area (Å²) in [4.78, 5) is 16.9. The number of aryl methyl sites for hydroxylation is 2. The number of carbonyl (C=O) groups is 1. The fourth-order valence-corrected chi connectivity index (χ4v) is 2.84. The summed E-state index contributed by atoms with van der Waals surface area (Å²) >= 11 is 0. The van der Waals surface area contributed by atoms with Gasteiger partial charge in [-0.2, -0.15) is 18.3 Å². The van der Waals surface area contributed by atoms with Gasteiger partial charge in [-0.25, -0.2) is 9.67 Å². The Morgan fingerprint density at radius 1 is 1.17 bits per heavy atom. The summed E-state index contributed by atoms with van der Waals surface area (Å²) in [5.74, 6) is 0.108. The van der Waals surface area contributed by atoms with Crippen molar-refractivity contribution in [3.05, 3.63) is 65.1 Å². The van der Waals surface area contributed by atoms with Crippen LogP contribution in [0.4, 0.5) is 18.9 Å². The van der Waals surface area contributed by atoms with Crippen molar-refractivity contribution in [3.63, 3.8) is 0 Å². The Morgan fingerprint density at radius 3 is 2.50 bits per heavy atom. The quantitative estimate of drug-likeness (QED) is 0.615. The largest absolute Gasteiger partial charge is 0.491 e. The molecular weight excluding hydrogens is 397 g/mol. The average molecular weight is 418 g/mol. The first-order chi connectivity index (χ1) is 14.2. The summed E-state index contributed by atoms with van der Waals surface area (Å²) < 4.78 is 46.4. The number of hydrogen-bond donors (Lipinski definition) is 1. The van der Waals surface area contributed by atoms with Gasteiger partial charge >= 0.3 is 6.18 Å². The normalized spacial score (nSPS) is 11.4. The first kappa shape index (κ1) is 21.4. The zero-order valence-electron chi connectivity index (χ0n) is 16.7. The highest BCUT2D eigenvalue weighted by molar-refractivity contribution is 6.04. The molecule has 3 aromatic rings. The van der Waals surface area contributed by atoms with Gasteiger partial charge in [0.15, 0.2) is 5.82 Å². The van der Waals surface area contributed by atoms with Crippen LogP contribution in [0.2, 0.25) is 0 Å². The number of nitrogens with zero attached hydrogens (tertiary/aromatic N) is 3. The van der Waals surface area contributed by atoms with Crippen molar-refractivity contribution in [2.45, 2.75) is 33.4 Å². The molecular formula is C21H21F3N4O2. The number of pyridine rings is 1. The fourth-order valence-electron chi connectivity index (χ4n) is 2.84. The highest BCUT2D eigenvalue weighted by Gasteiger charge is 2.31. The number of aromatic nitrogens is 3. The molecule has 1 N–H and O–H groups in total. The van der Waals surface area contributed by atoms with Gasteiger partial charge in [-0.15, -0.1) is 0 Å². The Bertz CT molecular complexity index is 1040. The van der Waals surface area contributed by atoms with Crippen molar-refractivity contribution in [2.75, 3.05) is 11.9 Å². The second-order valence-electron chi connectivity index (χ2n) is 6.76. The molecule has 3 rings (SSSR count). The van der Waals surface area contributed by atoms with Crippen LogP contribution in [0.1, 0.15) is 40.7 Å². The average Bonchev–Trinajstić information content (AvgIpc) is 3.04. The van der Waals surface area contributed by atoms with Crippen molar-refractivity contribution in [1.29, 1.82) is 0 Å². The molecule has 1 aromatic carbocycles. The zero-order valence-corrected chi connectivity index (χ0v) is 16.7. The van der Waals surface area contributed by atoms with E-state index >= 15 is 0 Å². The van der Waals surface area contributed by atoms with Crippen molar-refractivity contribution in [3.8, 4) is 11.6 Å². The van der Waals surface area contributed by atoms with Crippen molar-refractivity contribution < 1.29 is 22.7 Å². The molecule has 0 saturated heterocycles. The number of carbonyl (C=O) groups excluding carboxylic acids is 1. The van der Waals surface area contributed by atoms with Crippen LogP contribution in [0.25, 0.3) is 5.82 Å². The van der Waals surface area contributed by atoms with E-state index in [9.17, 15) is 18.0 Å². The molecule has 0 saturated carbocycles. The van der Waals surface area contributed by atoms with Gasteiger partial charge < -0.3 is 10.1 Å². The minimum Gasteiger partial charge on any atom is -0.491 e. The van der Waals surface area contributed by atoms with Gasteiger partial charge in [-0.05, 0) is 56.7 Å². The molecule has 2 aromatic heterocycles. The lowest BCUT2D eigenvalue weighted by molar-refractivity contribution is -0.137. The number of ether oxygens (including phenoxy) is 1. The lowest BCUT2D eigenvalue weighted by Gasteiger charge is -2.15. The molecule has 0 atom stereocenters. The number of anilines is 1. The van der Waals surface area contributed by atoms with E-state index in [-0.39, 0.29) is 17.0 Å². The lowest BCUT2D eigenvalue weighted by Crippen LogP contribution is -2.15. The number of amides is 1. The molecule has 9 heteroatoms. The van der Waals surface area contributed by atoms with Crippen LogP contribution in [0.15, 0.2) is 42.6 Å². The predicted octanol–water partition coefficient (Wildman–Crippen LogP) is 4.94. The minimum atomic E-state index is -4.54. The van der Waals surface area contributed by atoms with E-state index in [2.05, 4.69) is 15.4 Å². The summed E-state index contributed by atoms with van der Waals surface area (Å²) in [5, 5.41) is 6.82. The third-order valence-corrected chi connectivity index (χ3v) is 4.25. The van der Waals surface area contributed by atoms with E-state index < -0.39 is 17.6 Å². The van der Waals surface area contributed by atoms with E-state index in [1.807, 2.05) is 26.8 Å². The lowest BCUT2D eigenvalue weighted by atomic mass is 10.1. The van der Waals surface area contributed by atoms with E-state index in [0.717, 1.165) is 23.5 Å². The van der Waals surface area contributed by atoms with E-state index in [1.165, 1.54) is 18.3 Å². The van der Waals surface area contributed by atoms with Crippen LogP contribution in [0, 0.1) is 13.8 Å². The van der Waals surface area contributed by atoms with Crippen LogP contribution in [0.5, 0.6) is 5.75 Å². The van der Waals surface area contributed by atoms with Crippen LogP contribution >= 0.6 is 0 Å². The number of alkyl halides is 3. The molecule has 0 aliphatic rings. The number of halogens is 3. The molecule has 0 spiro atoms. The second kappa shape index (κ2) is 8.56. The maximum Gasteiger partial charge on any atom is 0.416 e. The highest BCUT2D eigenvalue weighted by atomic mass is 19.4. The maximum absolute atomic E-state index is 13.1. The van der Waals surface area contributed by atoms with Crippen LogP contribution < -0.4 is 10.1 Å². The Balaban J connectivity index is 1.84. The van der Waals surface area contributed by atoms with Gasteiger partial charge in [0.1, 0.15) is 5.75 Å². The molecule has 0 bridgehead atoms. The predicted molar refractivity (Wildman–Crippen MR) is 106 cm³/mol. The summed E-state index contributed by atoms with van der Waals surface area (Å²) in [5.41, 5.74) is 0.990. The number of benzene rings is 1. The Hall–Kier alpha value is -3.36. The monoisotopic (exact) mass is 418 g/mol.